The van der Waals surface area contributed by atoms with E-state index in [4.69, 9.17) is 0 Å². The molecule has 21 heavy (non-hydrogen) atoms. The van der Waals surface area contributed by atoms with Crippen LogP contribution in [0.15, 0.2) is 24.3 Å². The van der Waals surface area contributed by atoms with Crippen LogP contribution < -0.4 is 10.0 Å². The zero-order chi connectivity index (χ0) is 15.7. The van der Waals surface area contributed by atoms with Crippen molar-refractivity contribution in [3.63, 3.8) is 0 Å². The summed E-state index contributed by atoms with van der Waals surface area (Å²) in [6, 6.07) is 8.11. The summed E-state index contributed by atoms with van der Waals surface area (Å²) in [5, 5.41) is 3.53. The molecule has 0 saturated carbocycles. The molecular weight excluding hydrogens is 284 g/mol. The third-order valence-corrected chi connectivity index (χ3v) is 4.01. The Morgan fingerprint density at radius 1 is 1.14 bits per heavy atom. The molecular formula is C16H28N2O2S. The number of anilines is 1. The van der Waals surface area contributed by atoms with Gasteiger partial charge in [-0.2, -0.15) is 0 Å². The number of sulfonamides is 1. The lowest BCUT2D eigenvalue weighted by Crippen LogP contribution is -2.27. The average molecular weight is 312 g/mol. The SMILES string of the molecule is CCCCCC(C)NCCc1ccc(NS(C)(=O)=O)cc1. The molecule has 5 heteroatoms. The van der Waals surface area contributed by atoms with Gasteiger partial charge in [-0.15, -0.1) is 0 Å². The van der Waals surface area contributed by atoms with Gasteiger partial charge in [0.15, 0.2) is 0 Å². The minimum absolute atomic E-state index is 0.558. The number of benzene rings is 1. The fourth-order valence-corrected chi connectivity index (χ4v) is 2.78. The van der Waals surface area contributed by atoms with Gasteiger partial charge in [-0.25, -0.2) is 8.42 Å². The molecule has 0 aromatic heterocycles. The molecule has 120 valence electrons. The van der Waals surface area contributed by atoms with Crippen molar-refractivity contribution in [2.75, 3.05) is 17.5 Å². The Morgan fingerprint density at radius 3 is 2.38 bits per heavy atom. The van der Waals surface area contributed by atoms with Gasteiger partial charge in [-0.05, 0) is 44.0 Å². The van der Waals surface area contributed by atoms with Crippen molar-refractivity contribution in [1.82, 2.24) is 5.32 Å². The number of nitrogens with one attached hydrogen (secondary N) is 2. The van der Waals surface area contributed by atoms with Gasteiger partial charge < -0.3 is 5.32 Å². The van der Waals surface area contributed by atoms with E-state index in [9.17, 15) is 8.42 Å². The lowest BCUT2D eigenvalue weighted by atomic mass is 10.1. The third-order valence-electron chi connectivity index (χ3n) is 3.40. The molecule has 4 nitrogen and oxygen atoms in total. The standard InChI is InChI=1S/C16H28N2O2S/c1-4-5-6-7-14(2)17-13-12-15-8-10-16(11-9-15)18-21(3,19)20/h8-11,14,17-18H,4-7,12-13H2,1-3H3. The van der Waals surface area contributed by atoms with Gasteiger partial charge in [0.25, 0.3) is 0 Å². The van der Waals surface area contributed by atoms with E-state index in [0.29, 0.717) is 11.7 Å². The summed E-state index contributed by atoms with van der Waals surface area (Å²) >= 11 is 0. The molecule has 1 atom stereocenters. The Morgan fingerprint density at radius 2 is 1.81 bits per heavy atom. The van der Waals surface area contributed by atoms with Gasteiger partial charge >= 0.3 is 0 Å². The molecule has 0 aliphatic carbocycles. The summed E-state index contributed by atoms with van der Waals surface area (Å²) in [5.74, 6) is 0. The lowest BCUT2D eigenvalue weighted by Gasteiger charge is -2.13. The second kappa shape index (κ2) is 9.05. The number of hydrogen-bond acceptors (Lipinski definition) is 3. The summed E-state index contributed by atoms with van der Waals surface area (Å²) in [4.78, 5) is 0. The van der Waals surface area contributed by atoms with Gasteiger partial charge in [0.1, 0.15) is 0 Å². The molecule has 0 spiro atoms. The van der Waals surface area contributed by atoms with Crippen LogP contribution in [0, 0.1) is 0 Å². The van der Waals surface area contributed by atoms with E-state index in [-0.39, 0.29) is 0 Å². The second-order valence-corrected chi connectivity index (χ2v) is 7.42. The summed E-state index contributed by atoms with van der Waals surface area (Å²) < 4.78 is 24.7. The van der Waals surface area contributed by atoms with Crippen LogP contribution in [-0.4, -0.2) is 27.3 Å². The van der Waals surface area contributed by atoms with E-state index in [2.05, 4.69) is 23.9 Å². The van der Waals surface area contributed by atoms with Crippen LogP contribution in [-0.2, 0) is 16.4 Å². The van der Waals surface area contributed by atoms with E-state index in [1.165, 1.54) is 31.2 Å². The molecule has 0 amide bonds. The van der Waals surface area contributed by atoms with Crippen molar-refractivity contribution in [3.8, 4) is 0 Å². The van der Waals surface area contributed by atoms with Gasteiger partial charge in [-0.3, -0.25) is 4.72 Å². The highest BCUT2D eigenvalue weighted by Crippen LogP contribution is 2.11. The minimum atomic E-state index is -3.19. The Labute approximate surface area is 129 Å². The Hall–Kier alpha value is -1.07. The topological polar surface area (TPSA) is 58.2 Å². The predicted molar refractivity (Wildman–Crippen MR) is 90.2 cm³/mol. The first-order valence-electron chi connectivity index (χ1n) is 7.71. The van der Waals surface area contributed by atoms with Crippen molar-refractivity contribution in [1.29, 1.82) is 0 Å². The molecule has 1 unspecified atom stereocenters. The van der Waals surface area contributed by atoms with Crippen molar-refractivity contribution in [2.45, 2.75) is 52.0 Å². The zero-order valence-electron chi connectivity index (χ0n) is 13.4. The minimum Gasteiger partial charge on any atom is -0.314 e. The van der Waals surface area contributed by atoms with E-state index >= 15 is 0 Å². The zero-order valence-corrected chi connectivity index (χ0v) is 14.2. The fraction of sp³-hybridized carbons (Fsp3) is 0.625. The van der Waals surface area contributed by atoms with Crippen molar-refractivity contribution in [2.24, 2.45) is 0 Å². The maximum absolute atomic E-state index is 11.1. The molecule has 0 bridgehead atoms. The molecule has 2 N–H and O–H groups in total. The first-order chi connectivity index (χ1) is 9.90. The molecule has 1 rings (SSSR count). The molecule has 0 radical (unpaired) electrons. The van der Waals surface area contributed by atoms with Crippen LogP contribution in [0.25, 0.3) is 0 Å². The summed E-state index contributed by atoms with van der Waals surface area (Å²) in [6.07, 6.45) is 7.20. The monoisotopic (exact) mass is 312 g/mol. The maximum atomic E-state index is 11.1. The first kappa shape index (κ1) is 18.0. The van der Waals surface area contributed by atoms with Gasteiger partial charge in [-0.1, -0.05) is 38.3 Å². The number of hydrogen-bond donors (Lipinski definition) is 2. The van der Waals surface area contributed by atoms with Gasteiger partial charge in [0.2, 0.25) is 10.0 Å². The highest BCUT2D eigenvalue weighted by atomic mass is 32.2. The molecule has 0 saturated heterocycles. The summed E-state index contributed by atoms with van der Waals surface area (Å²) in [6.45, 7) is 5.40. The van der Waals surface area contributed by atoms with Gasteiger partial charge in [0.05, 0.1) is 6.26 Å². The molecule has 0 aliphatic heterocycles. The van der Waals surface area contributed by atoms with Crippen molar-refractivity contribution >= 4 is 15.7 Å². The Balaban J connectivity index is 2.29. The average Bonchev–Trinajstić information content (AvgIpc) is 2.39. The van der Waals surface area contributed by atoms with E-state index < -0.39 is 10.0 Å². The maximum Gasteiger partial charge on any atom is 0.229 e. The van der Waals surface area contributed by atoms with E-state index in [1.807, 2.05) is 12.1 Å². The lowest BCUT2D eigenvalue weighted by molar-refractivity contribution is 0.490. The molecule has 1 aromatic carbocycles. The Bertz CT molecular complexity index is 498. The van der Waals surface area contributed by atoms with Crippen LogP contribution >= 0.6 is 0 Å². The summed E-state index contributed by atoms with van der Waals surface area (Å²) in [5.41, 5.74) is 1.82. The number of rotatable bonds is 10. The predicted octanol–water partition coefficient (Wildman–Crippen LogP) is 3.16. The molecule has 1 aromatic rings. The third kappa shape index (κ3) is 8.73. The van der Waals surface area contributed by atoms with Gasteiger partial charge in [0, 0.05) is 11.7 Å². The second-order valence-electron chi connectivity index (χ2n) is 5.67. The van der Waals surface area contributed by atoms with Crippen molar-refractivity contribution < 1.29 is 8.42 Å². The van der Waals surface area contributed by atoms with Crippen LogP contribution in [0.3, 0.4) is 0 Å². The van der Waals surface area contributed by atoms with E-state index in [1.54, 1.807) is 12.1 Å². The van der Waals surface area contributed by atoms with Crippen LogP contribution in [0.5, 0.6) is 0 Å². The van der Waals surface area contributed by atoms with E-state index in [0.717, 1.165) is 19.2 Å². The fourth-order valence-electron chi connectivity index (χ4n) is 2.22. The highest BCUT2D eigenvalue weighted by molar-refractivity contribution is 7.92. The first-order valence-corrected chi connectivity index (χ1v) is 9.60. The van der Waals surface area contributed by atoms with Crippen LogP contribution in [0.4, 0.5) is 5.69 Å². The largest absolute Gasteiger partial charge is 0.314 e. The normalized spacial score (nSPS) is 13.1. The number of unbranched alkanes of at least 4 members (excludes halogenated alkanes) is 2. The summed E-state index contributed by atoms with van der Waals surface area (Å²) in [7, 11) is -3.19. The molecule has 0 aliphatic rings. The van der Waals surface area contributed by atoms with Crippen LogP contribution in [0.1, 0.15) is 45.1 Å². The Kier molecular flexibility index (Phi) is 7.75. The molecule has 0 fully saturated rings. The quantitative estimate of drug-likeness (QED) is 0.652. The smallest absolute Gasteiger partial charge is 0.229 e. The highest BCUT2D eigenvalue weighted by Gasteiger charge is 2.03. The van der Waals surface area contributed by atoms with Crippen LogP contribution in [0.2, 0.25) is 0 Å². The van der Waals surface area contributed by atoms with Crippen molar-refractivity contribution in [3.05, 3.63) is 29.8 Å². The molecule has 0 heterocycles.